The molecule has 0 unspecified atom stereocenters. The lowest BCUT2D eigenvalue weighted by Gasteiger charge is -2.26. The molecular weight excluding hydrogens is 216 g/mol. The van der Waals surface area contributed by atoms with Crippen LogP contribution >= 0.6 is 0 Å². The lowest BCUT2D eigenvalue weighted by molar-refractivity contribution is 0.142. The van der Waals surface area contributed by atoms with Crippen molar-refractivity contribution in [2.45, 2.75) is 25.7 Å². The van der Waals surface area contributed by atoms with Gasteiger partial charge in [0, 0.05) is 24.4 Å². The Hall–Kier alpha value is -1.67. The first kappa shape index (κ1) is 11.8. The third-order valence-corrected chi connectivity index (χ3v) is 3.43. The maximum absolute atomic E-state index is 9.48. The summed E-state index contributed by atoms with van der Waals surface area (Å²) in [6, 6.07) is 2.00. The fourth-order valence-electron chi connectivity index (χ4n) is 2.34. The van der Waals surface area contributed by atoms with Crippen molar-refractivity contribution in [3.05, 3.63) is 18.1 Å². The molecule has 90 valence electrons. The molecule has 2 N–H and O–H groups in total. The highest BCUT2D eigenvalue weighted by atomic mass is 16.3. The van der Waals surface area contributed by atoms with Gasteiger partial charge in [0.25, 0.3) is 0 Å². The molecule has 1 aromatic heterocycles. The van der Waals surface area contributed by atoms with E-state index in [0.717, 1.165) is 25.7 Å². The third-order valence-electron chi connectivity index (χ3n) is 3.43. The van der Waals surface area contributed by atoms with Gasteiger partial charge in [0.05, 0.1) is 6.61 Å². The van der Waals surface area contributed by atoms with E-state index < -0.39 is 0 Å². The molecule has 5 heteroatoms. The number of aliphatic hydroxyl groups excluding tert-OH is 1. The predicted molar refractivity (Wildman–Crippen MR) is 63.2 cm³/mol. The molecule has 17 heavy (non-hydrogen) atoms. The summed E-state index contributed by atoms with van der Waals surface area (Å²) in [7, 11) is 0. The standard InChI is InChI=1S/C12H16N4O/c13-7-10-11(15-6-5-14-10)16-8-12(9-17)3-1-2-4-12/h5-6,17H,1-4,8-9H2,(H,15,16). The van der Waals surface area contributed by atoms with Gasteiger partial charge in [0.1, 0.15) is 6.07 Å². The Kier molecular flexibility index (Phi) is 3.55. The molecule has 0 amide bonds. The Balaban J connectivity index is 2.04. The van der Waals surface area contributed by atoms with Gasteiger partial charge in [-0.25, -0.2) is 9.97 Å². The molecule has 1 heterocycles. The molecule has 0 bridgehead atoms. The SMILES string of the molecule is N#Cc1nccnc1NCC1(CO)CCCC1. The van der Waals surface area contributed by atoms with Gasteiger partial charge >= 0.3 is 0 Å². The second kappa shape index (κ2) is 5.11. The van der Waals surface area contributed by atoms with Gasteiger partial charge in [-0.2, -0.15) is 5.26 Å². The second-order valence-electron chi connectivity index (χ2n) is 4.58. The number of aromatic nitrogens is 2. The molecule has 1 aliphatic carbocycles. The topological polar surface area (TPSA) is 81.8 Å². The van der Waals surface area contributed by atoms with E-state index in [4.69, 9.17) is 5.26 Å². The van der Waals surface area contributed by atoms with Crippen LogP contribution < -0.4 is 5.32 Å². The van der Waals surface area contributed by atoms with Crippen LogP contribution in [0.3, 0.4) is 0 Å². The summed E-state index contributed by atoms with van der Waals surface area (Å²) in [5.41, 5.74) is 0.253. The maximum atomic E-state index is 9.48. The zero-order valence-electron chi connectivity index (χ0n) is 9.69. The van der Waals surface area contributed by atoms with Crippen molar-refractivity contribution >= 4 is 5.82 Å². The first-order valence-electron chi connectivity index (χ1n) is 5.85. The van der Waals surface area contributed by atoms with Crippen LogP contribution in [-0.2, 0) is 0 Å². The zero-order valence-corrected chi connectivity index (χ0v) is 9.69. The molecule has 0 atom stereocenters. The zero-order chi connectivity index (χ0) is 12.1. The maximum Gasteiger partial charge on any atom is 0.182 e. The molecule has 0 aliphatic heterocycles. The highest BCUT2D eigenvalue weighted by molar-refractivity contribution is 5.46. The van der Waals surface area contributed by atoms with Gasteiger partial charge in [-0.1, -0.05) is 12.8 Å². The van der Waals surface area contributed by atoms with Crippen LogP contribution in [-0.4, -0.2) is 28.2 Å². The van der Waals surface area contributed by atoms with E-state index in [1.807, 2.05) is 6.07 Å². The van der Waals surface area contributed by atoms with E-state index in [0.29, 0.717) is 18.1 Å². The fraction of sp³-hybridized carbons (Fsp3) is 0.583. The average Bonchev–Trinajstić information content (AvgIpc) is 2.86. The van der Waals surface area contributed by atoms with Gasteiger partial charge < -0.3 is 10.4 Å². The summed E-state index contributed by atoms with van der Waals surface area (Å²) in [5.74, 6) is 0.509. The van der Waals surface area contributed by atoms with Crippen LogP contribution in [0.1, 0.15) is 31.4 Å². The monoisotopic (exact) mass is 232 g/mol. The summed E-state index contributed by atoms with van der Waals surface area (Å²) in [6.45, 7) is 0.832. The first-order chi connectivity index (χ1) is 8.29. The third kappa shape index (κ3) is 2.53. The number of aliphatic hydroxyl groups is 1. The minimum Gasteiger partial charge on any atom is -0.396 e. The molecule has 1 aliphatic rings. The molecule has 0 saturated heterocycles. The van der Waals surface area contributed by atoms with Crippen LogP contribution in [0.25, 0.3) is 0 Å². The largest absolute Gasteiger partial charge is 0.396 e. The molecule has 2 rings (SSSR count). The van der Waals surface area contributed by atoms with Crippen molar-refractivity contribution < 1.29 is 5.11 Å². The smallest absolute Gasteiger partial charge is 0.182 e. The summed E-state index contributed by atoms with van der Waals surface area (Å²) in [6.07, 6.45) is 7.43. The Bertz CT molecular complexity index is 421. The van der Waals surface area contributed by atoms with Crippen molar-refractivity contribution in [1.82, 2.24) is 9.97 Å². The van der Waals surface area contributed by atoms with Crippen molar-refractivity contribution in [1.29, 1.82) is 5.26 Å². The van der Waals surface area contributed by atoms with Crippen molar-refractivity contribution in [3.63, 3.8) is 0 Å². The van der Waals surface area contributed by atoms with Crippen LogP contribution in [0, 0.1) is 16.7 Å². The molecule has 0 spiro atoms. The summed E-state index contributed by atoms with van der Waals surface area (Å²) >= 11 is 0. The number of nitrogens with one attached hydrogen (secondary N) is 1. The highest BCUT2D eigenvalue weighted by Crippen LogP contribution is 2.37. The molecule has 1 saturated carbocycles. The fourth-order valence-corrected chi connectivity index (χ4v) is 2.34. The van der Waals surface area contributed by atoms with E-state index in [1.165, 1.54) is 6.20 Å². The summed E-state index contributed by atoms with van der Waals surface area (Å²) in [4.78, 5) is 8.04. The van der Waals surface area contributed by atoms with Crippen molar-refractivity contribution in [2.75, 3.05) is 18.5 Å². The van der Waals surface area contributed by atoms with Crippen LogP contribution in [0.4, 0.5) is 5.82 Å². The van der Waals surface area contributed by atoms with Crippen molar-refractivity contribution in [3.8, 4) is 6.07 Å². The quantitative estimate of drug-likeness (QED) is 0.818. The molecule has 5 nitrogen and oxygen atoms in total. The predicted octanol–water partition coefficient (Wildman–Crippen LogP) is 1.31. The molecule has 1 aromatic rings. The number of anilines is 1. The van der Waals surface area contributed by atoms with E-state index in [9.17, 15) is 5.11 Å². The van der Waals surface area contributed by atoms with E-state index in [2.05, 4.69) is 15.3 Å². The summed E-state index contributed by atoms with van der Waals surface area (Å²) < 4.78 is 0. The van der Waals surface area contributed by atoms with Gasteiger partial charge in [-0.3, -0.25) is 0 Å². The van der Waals surface area contributed by atoms with Gasteiger partial charge in [0.2, 0.25) is 0 Å². The van der Waals surface area contributed by atoms with E-state index >= 15 is 0 Å². The lowest BCUT2D eigenvalue weighted by atomic mass is 9.87. The lowest BCUT2D eigenvalue weighted by Crippen LogP contribution is -2.31. The number of hydrogen-bond acceptors (Lipinski definition) is 5. The normalized spacial score (nSPS) is 17.6. The van der Waals surface area contributed by atoms with Crippen LogP contribution in [0.2, 0.25) is 0 Å². The van der Waals surface area contributed by atoms with E-state index in [-0.39, 0.29) is 12.0 Å². The van der Waals surface area contributed by atoms with Gasteiger partial charge in [-0.05, 0) is 12.8 Å². The van der Waals surface area contributed by atoms with Gasteiger partial charge in [-0.15, -0.1) is 0 Å². The summed E-state index contributed by atoms with van der Waals surface area (Å²) in [5, 5.41) is 21.5. The number of rotatable bonds is 4. The molecule has 1 fully saturated rings. The van der Waals surface area contributed by atoms with Crippen LogP contribution in [0.15, 0.2) is 12.4 Å². The minimum absolute atomic E-state index is 0.0513. The Morgan fingerprint density at radius 1 is 1.35 bits per heavy atom. The Labute approximate surface area is 101 Å². The van der Waals surface area contributed by atoms with E-state index in [1.54, 1.807) is 6.20 Å². The Morgan fingerprint density at radius 3 is 2.71 bits per heavy atom. The molecular formula is C12H16N4O. The number of hydrogen-bond donors (Lipinski definition) is 2. The Morgan fingerprint density at radius 2 is 2.06 bits per heavy atom. The second-order valence-corrected chi connectivity index (χ2v) is 4.58. The van der Waals surface area contributed by atoms with Gasteiger partial charge in [0.15, 0.2) is 11.5 Å². The first-order valence-corrected chi connectivity index (χ1v) is 5.85. The molecule has 0 aromatic carbocycles. The molecule has 0 radical (unpaired) electrons. The van der Waals surface area contributed by atoms with Crippen LogP contribution in [0.5, 0.6) is 0 Å². The van der Waals surface area contributed by atoms with Crippen molar-refractivity contribution in [2.24, 2.45) is 5.41 Å². The number of nitriles is 1. The average molecular weight is 232 g/mol. The minimum atomic E-state index is -0.0513. The highest BCUT2D eigenvalue weighted by Gasteiger charge is 2.33. The number of nitrogens with zero attached hydrogens (tertiary/aromatic N) is 3.